The van der Waals surface area contributed by atoms with Gasteiger partial charge in [0.1, 0.15) is 13.2 Å². The topological polar surface area (TPSA) is 78.9 Å². The Morgan fingerprint density at radius 1 is 0.268 bits per heavy atom. The number of carbonyl (C=O) groups excluding carboxylic acids is 3. The molecule has 458 valence electrons. The summed E-state index contributed by atoms with van der Waals surface area (Å²) in [4.78, 5) is 38.2. The number of unbranched alkanes of at least 4 members (excludes halogenated alkanes) is 17. The Morgan fingerprint density at radius 2 is 0.524 bits per heavy atom. The van der Waals surface area contributed by atoms with E-state index in [-0.39, 0.29) is 38.0 Å². The molecule has 0 aromatic rings. The van der Waals surface area contributed by atoms with Gasteiger partial charge in [-0.15, -0.1) is 0 Å². The van der Waals surface area contributed by atoms with Crippen LogP contribution in [0.1, 0.15) is 258 Å². The van der Waals surface area contributed by atoms with E-state index in [0.29, 0.717) is 6.42 Å². The Kier molecular flexibility index (Phi) is 63.5. The minimum Gasteiger partial charge on any atom is -0.462 e. The molecule has 0 rings (SSSR count). The molecule has 0 aliphatic carbocycles. The van der Waals surface area contributed by atoms with Crippen LogP contribution in [0.2, 0.25) is 0 Å². The summed E-state index contributed by atoms with van der Waals surface area (Å²) in [5.41, 5.74) is 0. The van der Waals surface area contributed by atoms with Gasteiger partial charge in [-0.2, -0.15) is 0 Å². The van der Waals surface area contributed by atoms with Gasteiger partial charge in [-0.3, -0.25) is 14.4 Å². The van der Waals surface area contributed by atoms with E-state index in [1.54, 1.807) is 6.08 Å². The number of carbonyl (C=O) groups is 3. The largest absolute Gasteiger partial charge is 0.462 e. The number of hydrogen-bond donors (Lipinski definition) is 0. The maximum atomic E-state index is 12.9. The van der Waals surface area contributed by atoms with Crippen molar-refractivity contribution in [3.8, 4) is 0 Å². The van der Waals surface area contributed by atoms with Gasteiger partial charge in [0, 0.05) is 12.8 Å². The molecular formula is C76H118O6. The molecule has 0 fully saturated rings. The molecule has 0 heterocycles. The summed E-state index contributed by atoms with van der Waals surface area (Å²) in [6.07, 6.45) is 102. The normalized spacial score (nSPS) is 13.4. The molecule has 0 saturated carbocycles. The Bertz CT molecular complexity index is 1920. The zero-order chi connectivity index (χ0) is 59.2. The van der Waals surface area contributed by atoms with E-state index >= 15 is 0 Å². The standard InChI is InChI=1S/C76H118O6/c1-4-7-10-13-16-19-22-25-28-30-31-32-33-34-35-36-37-38-39-40-41-42-43-44-45-46-49-51-54-57-60-63-66-69-75(78)81-72-73(71-80-74(77)68-65-62-59-56-53-50-47-27-24-21-18-15-12-9-6-3)82-76(79)70-67-64-61-58-55-52-48-29-26-23-20-17-14-11-8-5-2/h7,9-10,12,16,18-19,21,25,27-29,31-32,34-35,37-38,40-41,43-44,46-49,53,56,62,65,73H,4-6,8,11,13-15,17,20,22-24,26,30,33,36,39,42,45,50-52,54-55,57-61,63-64,66-72H2,1-3H3/b10-7-,12-9-,19-16-,21-18-,28-25-,32-31-,35-34-,38-37-,41-40-,44-43-,47-27-,48-29-,49-46-,56-53-,65-62-. The first-order valence-electron chi connectivity index (χ1n) is 32.8. The van der Waals surface area contributed by atoms with Crippen LogP contribution in [0, 0.1) is 0 Å². The van der Waals surface area contributed by atoms with Gasteiger partial charge in [0.2, 0.25) is 0 Å². The van der Waals surface area contributed by atoms with E-state index < -0.39 is 12.1 Å². The first-order valence-corrected chi connectivity index (χ1v) is 32.8. The second-order valence-corrected chi connectivity index (χ2v) is 20.9. The van der Waals surface area contributed by atoms with Crippen molar-refractivity contribution in [3.05, 3.63) is 182 Å². The van der Waals surface area contributed by atoms with Gasteiger partial charge in [0.25, 0.3) is 0 Å². The fraction of sp³-hybridized carbons (Fsp3) is 0.566. The highest BCUT2D eigenvalue weighted by Gasteiger charge is 2.19. The number of allylic oxidation sites excluding steroid dienone is 29. The van der Waals surface area contributed by atoms with Crippen LogP contribution in [0.25, 0.3) is 0 Å². The summed E-state index contributed by atoms with van der Waals surface area (Å²) in [6, 6.07) is 0. The fourth-order valence-electron chi connectivity index (χ4n) is 8.33. The minimum absolute atomic E-state index is 0.113. The molecule has 0 amide bonds. The zero-order valence-corrected chi connectivity index (χ0v) is 52.4. The highest BCUT2D eigenvalue weighted by atomic mass is 16.6. The van der Waals surface area contributed by atoms with E-state index in [1.807, 2.05) is 6.08 Å². The average Bonchev–Trinajstić information content (AvgIpc) is 3.47. The molecule has 0 saturated heterocycles. The molecule has 6 nitrogen and oxygen atoms in total. The molecule has 1 unspecified atom stereocenters. The summed E-state index contributed by atoms with van der Waals surface area (Å²) < 4.78 is 16.8. The lowest BCUT2D eigenvalue weighted by molar-refractivity contribution is -0.166. The lowest BCUT2D eigenvalue weighted by Gasteiger charge is -2.18. The number of esters is 3. The van der Waals surface area contributed by atoms with Crippen LogP contribution in [0.3, 0.4) is 0 Å². The molecule has 82 heavy (non-hydrogen) atoms. The van der Waals surface area contributed by atoms with Crippen molar-refractivity contribution in [2.45, 2.75) is 264 Å². The Balaban J connectivity index is 4.44. The summed E-state index contributed by atoms with van der Waals surface area (Å²) in [7, 11) is 0. The smallest absolute Gasteiger partial charge is 0.309 e. The molecule has 0 aromatic heterocycles. The Labute approximate surface area is 504 Å². The first-order chi connectivity index (χ1) is 40.5. The second kappa shape index (κ2) is 68.0. The first kappa shape index (κ1) is 76.5. The molecule has 0 bridgehead atoms. The van der Waals surface area contributed by atoms with Crippen molar-refractivity contribution in [2.24, 2.45) is 0 Å². The van der Waals surface area contributed by atoms with E-state index in [4.69, 9.17) is 14.2 Å². The van der Waals surface area contributed by atoms with Crippen molar-refractivity contribution >= 4 is 17.9 Å². The zero-order valence-electron chi connectivity index (χ0n) is 52.4. The SMILES string of the molecule is CC/C=C\C/C=C\C/C=C\C/C=C\C/C=C\C/C=C\C/C=C\C/C=C\C/C=C\CCCCCCCC(=O)OCC(COC(=O)C/C=C\C/C=C\C/C=C\C/C=C\C/C=C\CC)OC(=O)CCCCCCC/C=C\CCCCCCCCC. The minimum atomic E-state index is -0.841. The predicted molar refractivity (Wildman–Crippen MR) is 357 cm³/mol. The molecule has 0 N–H and O–H groups in total. The lowest BCUT2D eigenvalue weighted by atomic mass is 10.1. The summed E-state index contributed by atoms with van der Waals surface area (Å²) in [5, 5.41) is 0. The van der Waals surface area contributed by atoms with Crippen LogP contribution < -0.4 is 0 Å². The van der Waals surface area contributed by atoms with Gasteiger partial charge in [0.15, 0.2) is 6.10 Å². The molecule has 6 heteroatoms. The highest BCUT2D eigenvalue weighted by molar-refractivity contribution is 5.72. The van der Waals surface area contributed by atoms with Crippen LogP contribution in [0.15, 0.2) is 182 Å². The molecule has 0 aromatic carbocycles. The van der Waals surface area contributed by atoms with Crippen LogP contribution in [0.4, 0.5) is 0 Å². The Hall–Kier alpha value is -5.49. The van der Waals surface area contributed by atoms with Crippen molar-refractivity contribution < 1.29 is 28.6 Å². The Morgan fingerprint density at radius 3 is 0.866 bits per heavy atom. The van der Waals surface area contributed by atoms with Crippen molar-refractivity contribution in [2.75, 3.05) is 13.2 Å². The summed E-state index contributed by atoms with van der Waals surface area (Å²) in [6.45, 7) is 6.29. The third kappa shape index (κ3) is 65.3. The molecule has 1 atom stereocenters. The van der Waals surface area contributed by atoms with Gasteiger partial charge >= 0.3 is 17.9 Å². The van der Waals surface area contributed by atoms with Gasteiger partial charge in [0.05, 0.1) is 6.42 Å². The maximum Gasteiger partial charge on any atom is 0.309 e. The van der Waals surface area contributed by atoms with E-state index in [0.717, 1.165) is 161 Å². The molecule has 0 radical (unpaired) electrons. The number of ether oxygens (including phenoxy) is 3. The van der Waals surface area contributed by atoms with Crippen LogP contribution in [0.5, 0.6) is 0 Å². The van der Waals surface area contributed by atoms with Crippen molar-refractivity contribution in [1.29, 1.82) is 0 Å². The monoisotopic (exact) mass is 1130 g/mol. The molecule has 0 aliphatic heterocycles. The average molecular weight is 1130 g/mol. The second-order valence-electron chi connectivity index (χ2n) is 20.9. The van der Waals surface area contributed by atoms with Gasteiger partial charge < -0.3 is 14.2 Å². The number of rotatable bonds is 57. The quantitative estimate of drug-likeness (QED) is 0.0261. The fourth-order valence-corrected chi connectivity index (χ4v) is 8.33. The van der Waals surface area contributed by atoms with E-state index in [2.05, 4.69) is 191 Å². The number of hydrogen-bond acceptors (Lipinski definition) is 6. The third-order valence-corrected chi connectivity index (χ3v) is 13.2. The van der Waals surface area contributed by atoms with E-state index in [9.17, 15) is 14.4 Å². The summed E-state index contributed by atoms with van der Waals surface area (Å²) in [5.74, 6) is -1.10. The van der Waals surface area contributed by atoms with Crippen molar-refractivity contribution in [1.82, 2.24) is 0 Å². The van der Waals surface area contributed by atoms with E-state index in [1.165, 1.54) is 57.8 Å². The van der Waals surface area contributed by atoms with Crippen LogP contribution >= 0.6 is 0 Å². The van der Waals surface area contributed by atoms with Crippen LogP contribution in [-0.4, -0.2) is 37.2 Å². The molecular weight excluding hydrogens is 1010 g/mol. The highest BCUT2D eigenvalue weighted by Crippen LogP contribution is 2.13. The maximum absolute atomic E-state index is 12.9. The van der Waals surface area contributed by atoms with Crippen molar-refractivity contribution in [3.63, 3.8) is 0 Å². The van der Waals surface area contributed by atoms with Gasteiger partial charge in [-0.25, -0.2) is 0 Å². The van der Waals surface area contributed by atoms with Gasteiger partial charge in [-0.1, -0.05) is 280 Å². The lowest BCUT2D eigenvalue weighted by Crippen LogP contribution is -2.30. The summed E-state index contributed by atoms with van der Waals surface area (Å²) >= 11 is 0. The van der Waals surface area contributed by atoms with Gasteiger partial charge in [-0.05, 0) is 141 Å². The molecule has 0 spiro atoms. The third-order valence-electron chi connectivity index (χ3n) is 13.2. The van der Waals surface area contributed by atoms with Crippen LogP contribution in [-0.2, 0) is 28.6 Å². The predicted octanol–water partition coefficient (Wildman–Crippen LogP) is 22.8. The molecule has 0 aliphatic rings.